The summed E-state index contributed by atoms with van der Waals surface area (Å²) in [5.74, 6) is 0.388. The molecule has 4 aromatic rings. The third-order valence-corrected chi connectivity index (χ3v) is 4.44. The maximum atomic E-state index is 12.8. The summed E-state index contributed by atoms with van der Waals surface area (Å²) in [6.45, 7) is 4.31. The molecule has 0 aliphatic carbocycles. The van der Waals surface area contributed by atoms with Crippen LogP contribution in [0.1, 0.15) is 27.6 Å². The molecule has 0 saturated carbocycles. The van der Waals surface area contributed by atoms with E-state index in [0.717, 1.165) is 27.7 Å². The van der Waals surface area contributed by atoms with Crippen molar-refractivity contribution in [2.24, 2.45) is 0 Å². The zero-order chi connectivity index (χ0) is 18.3. The first-order chi connectivity index (χ1) is 12.5. The summed E-state index contributed by atoms with van der Waals surface area (Å²) in [5, 5.41) is 6.63. The van der Waals surface area contributed by atoms with Gasteiger partial charge in [0.2, 0.25) is 5.82 Å². The average Bonchev–Trinajstić information content (AvgIpc) is 3.05. The Morgan fingerprint density at radius 1 is 1.08 bits per heavy atom. The van der Waals surface area contributed by atoms with E-state index in [1.807, 2.05) is 44.2 Å². The number of fused-ring (bicyclic) bond motifs is 2. The summed E-state index contributed by atoms with van der Waals surface area (Å²) >= 11 is 0. The number of hydrogen-bond acceptors (Lipinski definition) is 4. The lowest BCUT2D eigenvalue weighted by molar-refractivity contribution is 0.0774. The highest BCUT2D eigenvalue weighted by molar-refractivity contribution is 5.91. The largest absolute Gasteiger partial charge is 0.335 e. The summed E-state index contributed by atoms with van der Waals surface area (Å²) in [7, 11) is 1.77. The molecule has 0 radical (unpaired) electrons. The number of carbonyl (C=O) groups is 1. The Hall–Kier alpha value is -3.28. The van der Waals surface area contributed by atoms with Gasteiger partial charge < -0.3 is 4.90 Å². The van der Waals surface area contributed by atoms with Gasteiger partial charge in [-0.1, -0.05) is 42.5 Å². The van der Waals surface area contributed by atoms with Crippen LogP contribution in [-0.4, -0.2) is 37.4 Å². The molecule has 0 fully saturated rings. The van der Waals surface area contributed by atoms with E-state index in [9.17, 15) is 4.79 Å². The van der Waals surface area contributed by atoms with Gasteiger partial charge in [0.15, 0.2) is 0 Å². The molecule has 0 N–H and O–H groups in total. The van der Waals surface area contributed by atoms with Gasteiger partial charge in [0.1, 0.15) is 0 Å². The van der Waals surface area contributed by atoms with Crippen molar-refractivity contribution in [3.8, 4) is 0 Å². The highest BCUT2D eigenvalue weighted by Gasteiger charge is 2.19. The Labute approximate surface area is 151 Å². The standard InChI is InChI=1S/C20H19N5O/c1-13-11-14(2)25-20(21-13)22-18(23-25)19(26)24(3)12-16-9-6-8-15-7-4-5-10-17(15)16/h4-11H,12H2,1-3H3. The van der Waals surface area contributed by atoms with Crippen LogP contribution in [0.2, 0.25) is 0 Å². The molecular formula is C20H19N5O. The summed E-state index contributed by atoms with van der Waals surface area (Å²) in [5.41, 5.74) is 2.84. The van der Waals surface area contributed by atoms with Crippen LogP contribution in [-0.2, 0) is 6.54 Å². The fourth-order valence-electron chi connectivity index (χ4n) is 3.19. The second-order valence-electron chi connectivity index (χ2n) is 6.49. The average molecular weight is 345 g/mol. The lowest BCUT2D eigenvalue weighted by Gasteiger charge is -2.16. The summed E-state index contributed by atoms with van der Waals surface area (Å²) in [6, 6.07) is 16.2. The predicted molar refractivity (Wildman–Crippen MR) is 100 cm³/mol. The zero-order valence-corrected chi connectivity index (χ0v) is 15.0. The number of hydrogen-bond donors (Lipinski definition) is 0. The molecule has 26 heavy (non-hydrogen) atoms. The Balaban J connectivity index is 1.65. The summed E-state index contributed by atoms with van der Waals surface area (Å²) in [6.07, 6.45) is 0. The van der Waals surface area contributed by atoms with Gasteiger partial charge in [-0.05, 0) is 36.2 Å². The molecule has 130 valence electrons. The van der Waals surface area contributed by atoms with Gasteiger partial charge in [-0.2, -0.15) is 4.98 Å². The number of amides is 1. The summed E-state index contributed by atoms with van der Waals surface area (Å²) in [4.78, 5) is 23.1. The van der Waals surface area contributed by atoms with E-state index in [1.54, 1.807) is 16.5 Å². The topological polar surface area (TPSA) is 63.4 Å². The van der Waals surface area contributed by atoms with E-state index in [0.29, 0.717) is 12.3 Å². The first-order valence-electron chi connectivity index (χ1n) is 8.46. The molecule has 0 bridgehead atoms. The molecule has 2 heterocycles. The molecule has 0 spiro atoms. The number of benzene rings is 2. The van der Waals surface area contributed by atoms with Crippen molar-refractivity contribution >= 4 is 22.5 Å². The lowest BCUT2D eigenvalue weighted by Crippen LogP contribution is -2.27. The minimum absolute atomic E-state index is 0.161. The first-order valence-corrected chi connectivity index (χ1v) is 8.46. The van der Waals surface area contributed by atoms with Gasteiger partial charge in [0, 0.05) is 25.0 Å². The normalized spacial score (nSPS) is 11.2. The van der Waals surface area contributed by atoms with Crippen LogP contribution < -0.4 is 0 Å². The molecular weight excluding hydrogens is 326 g/mol. The molecule has 6 nitrogen and oxygen atoms in total. The van der Waals surface area contributed by atoms with E-state index in [2.05, 4.69) is 33.3 Å². The number of carbonyl (C=O) groups excluding carboxylic acids is 1. The van der Waals surface area contributed by atoms with Crippen molar-refractivity contribution in [2.45, 2.75) is 20.4 Å². The lowest BCUT2D eigenvalue weighted by atomic mass is 10.0. The quantitative estimate of drug-likeness (QED) is 0.572. The van der Waals surface area contributed by atoms with Crippen LogP contribution in [0.25, 0.3) is 16.6 Å². The maximum Gasteiger partial charge on any atom is 0.293 e. The van der Waals surface area contributed by atoms with E-state index < -0.39 is 0 Å². The minimum Gasteiger partial charge on any atom is -0.335 e. The van der Waals surface area contributed by atoms with Crippen LogP contribution in [0, 0.1) is 13.8 Å². The highest BCUT2D eigenvalue weighted by atomic mass is 16.2. The Bertz CT molecular complexity index is 1130. The van der Waals surface area contributed by atoms with Gasteiger partial charge in [0.05, 0.1) is 0 Å². The second kappa shape index (κ2) is 6.22. The molecule has 1 amide bonds. The van der Waals surface area contributed by atoms with Crippen molar-refractivity contribution in [1.29, 1.82) is 0 Å². The Morgan fingerprint density at radius 2 is 1.85 bits per heavy atom. The van der Waals surface area contributed by atoms with Crippen LogP contribution in [0.5, 0.6) is 0 Å². The third kappa shape index (κ3) is 2.79. The fourth-order valence-corrected chi connectivity index (χ4v) is 3.19. The molecule has 0 aliphatic rings. The molecule has 0 unspecified atom stereocenters. The molecule has 4 rings (SSSR count). The fraction of sp³-hybridized carbons (Fsp3) is 0.200. The zero-order valence-electron chi connectivity index (χ0n) is 15.0. The number of aryl methyl sites for hydroxylation is 2. The van der Waals surface area contributed by atoms with E-state index >= 15 is 0 Å². The van der Waals surface area contributed by atoms with Crippen LogP contribution >= 0.6 is 0 Å². The molecule has 0 saturated heterocycles. The van der Waals surface area contributed by atoms with Gasteiger partial charge in [-0.15, -0.1) is 5.10 Å². The monoisotopic (exact) mass is 345 g/mol. The van der Waals surface area contributed by atoms with Crippen molar-refractivity contribution in [3.63, 3.8) is 0 Å². The van der Waals surface area contributed by atoms with E-state index in [4.69, 9.17) is 0 Å². The van der Waals surface area contributed by atoms with Crippen molar-refractivity contribution in [3.05, 3.63) is 71.3 Å². The molecule has 0 aliphatic heterocycles. The maximum absolute atomic E-state index is 12.8. The van der Waals surface area contributed by atoms with Crippen molar-refractivity contribution in [2.75, 3.05) is 7.05 Å². The predicted octanol–water partition coefficient (Wildman–Crippen LogP) is 3.17. The molecule has 2 aromatic carbocycles. The summed E-state index contributed by atoms with van der Waals surface area (Å²) < 4.78 is 1.60. The highest BCUT2D eigenvalue weighted by Crippen LogP contribution is 2.20. The van der Waals surface area contributed by atoms with E-state index in [-0.39, 0.29) is 11.7 Å². The number of nitrogens with zero attached hydrogens (tertiary/aromatic N) is 5. The van der Waals surface area contributed by atoms with Crippen LogP contribution in [0.15, 0.2) is 48.5 Å². The Morgan fingerprint density at radius 3 is 2.69 bits per heavy atom. The molecule has 2 aromatic heterocycles. The van der Waals surface area contributed by atoms with E-state index in [1.165, 1.54) is 0 Å². The van der Waals surface area contributed by atoms with Gasteiger partial charge in [-0.3, -0.25) is 4.79 Å². The minimum atomic E-state index is -0.222. The second-order valence-corrected chi connectivity index (χ2v) is 6.49. The van der Waals surface area contributed by atoms with Crippen LogP contribution in [0.4, 0.5) is 0 Å². The third-order valence-electron chi connectivity index (χ3n) is 4.44. The van der Waals surface area contributed by atoms with Crippen LogP contribution in [0.3, 0.4) is 0 Å². The number of aromatic nitrogens is 4. The van der Waals surface area contributed by atoms with Gasteiger partial charge in [0.25, 0.3) is 11.7 Å². The first kappa shape index (κ1) is 16.2. The van der Waals surface area contributed by atoms with Gasteiger partial charge in [-0.25, -0.2) is 9.50 Å². The number of rotatable bonds is 3. The van der Waals surface area contributed by atoms with Crippen molar-refractivity contribution < 1.29 is 4.79 Å². The molecule has 6 heteroatoms. The SMILES string of the molecule is Cc1cc(C)n2nc(C(=O)N(C)Cc3cccc4ccccc34)nc2n1. The Kier molecular flexibility index (Phi) is 3.88. The molecule has 0 atom stereocenters. The smallest absolute Gasteiger partial charge is 0.293 e. The van der Waals surface area contributed by atoms with Gasteiger partial charge >= 0.3 is 0 Å². The van der Waals surface area contributed by atoms with Crippen molar-refractivity contribution in [1.82, 2.24) is 24.5 Å².